The van der Waals surface area contributed by atoms with Crippen molar-refractivity contribution in [3.05, 3.63) is 77.3 Å². The first-order chi connectivity index (χ1) is 11.6. The molecule has 122 valence electrons. The minimum atomic E-state index is -0.286. The summed E-state index contributed by atoms with van der Waals surface area (Å²) >= 11 is 11.1. The van der Waals surface area contributed by atoms with Crippen molar-refractivity contribution in [2.45, 2.75) is 6.54 Å². The van der Waals surface area contributed by atoms with Crippen molar-refractivity contribution in [3.8, 4) is 0 Å². The normalized spacial score (nSPS) is 10.4. The molecular formula is C17H14ClFN4S. The molecule has 0 bridgehead atoms. The number of nitrogens with zero attached hydrogens (tertiary/aromatic N) is 2. The second-order valence-corrected chi connectivity index (χ2v) is 5.99. The van der Waals surface area contributed by atoms with Crippen LogP contribution in [0.5, 0.6) is 0 Å². The Hall–Kier alpha value is -2.44. The second kappa shape index (κ2) is 7.42. The quantitative estimate of drug-likeness (QED) is 0.671. The molecule has 0 saturated carbocycles. The van der Waals surface area contributed by atoms with Crippen LogP contribution in [0, 0.1) is 5.82 Å². The van der Waals surface area contributed by atoms with Gasteiger partial charge in [-0.25, -0.2) is 4.39 Å². The molecule has 0 aliphatic rings. The number of hydrogen-bond acceptors (Lipinski definition) is 2. The predicted molar refractivity (Wildman–Crippen MR) is 99.0 cm³/mol. The SMILES string of the molecule is Fc1ccc(NC(=S)Nc2cccc(Cn3cc(Cl)cn3)c2)cc1. The van der Waals surface area contributed by atoms with Crippen LogP contribution in [0.4, 0.5) is 15.8 Å². The Kier molecular flexibility index (Phi) is 5.08. The highest BCUT2D eigenvalue weighted by Gasteiger charge is 2.02. The van der Waals surface area contributed by atoms with Crippen LogP contribution >= 0.6 is 23.8 Å². The summed E-state index contributed by atoms with van der Waals surface area (Å²) in [5.74, 6) is -0.286. The molecule has 1 aromatic heterocycles. The Morgan fingerprint density at radius 3 is 2.58 bits per heavy atom. The molecule has 3 rings (SSSR count). The minimum Gasteiger partial charge on any atom is -0.332 e. The minimum absolute atomic E-state index is 0.286. The summed E-state index contributed by atoms with van der Waals surface area (Å²) in [6.07, 6.45) is 3.37. The van der Waals surface area contributed by atoms with Gasteiger partial charge in [0, 0.05) is 17.6 Å². The molecule has 0 aliphatic carbocycles. The fourth-order valence-corrected chi connectivity index (χ4v) is 2.58. The lowest BCUT2D eigenvalue weighted by Crippen LogP contribution is -2.19. The van der Waals surface area contributed by atoms with E-state index in [-0.39, 0.29) is 5.82 Å². The molecule has 0 fully saturated rings. The van der Waals surface area contributed by atoms with Crippen LogP contribution < -0.4 is 10.6 Å². The van der Waals surface area contributed by atoms with Crippen LogP contribution in [0.3, 0.4) is 0 Å². The lowest BCUT2D eigenvalue weighted by Gasteiger charge is -2.11. The van der Waals surface area contributed by atoms with Gasteiger partial charge < -0.3 is 10.6 Å². The average molecular weight is 361 g/mol. The summed E-state index contributed by atoms with van der Waals surface area (Å²) < 4.78 is 14.7. The summed E-state index contributed by atoms with van der Waals surface area (Å²) in [6, 6.07) is 13.8. The Balaban J connectivity index is 1.63. The zero-order chi connectivity index (χ0) is 16.9. The van der Waals surface area contributed by atoms with E-state index in [0.717, 1.165) is 16.9 Å². The van der Waals surface area contributed by atoms with Gasteiger partial charge in [0.05, 0.1) is 17.8 Å². The molecule has 2 aromatic carbocycles. The molecule has 3 aromatic rings. The van der Waals surface area contributed by atoms with Gasteiger partial charge in [0.25, 0.3) is 0 Å². The first-order valence-electron chi connectivity index (χ1n) is 7.19. The van der Waals surface area contributed by atoms with Gasteiger partial charge in [0.15, 0.2) is 5.11 Å². The highest BCUT2D eigenvalue weighted by Crippen LogP contribution is 2.14. The summed E-state index contributed by atoms with van der Waals surface area (Å²) in [4.78, 5) is 0. The second-order valence-electron chi connectivity index (χ2n) is 5.14. The van der Waals surface area contributed by atoms with E-state index in [2.05, 4.69) is 15.7 Å². The molecule has 0 atom stereocenters. The largest absolute Gasteiger partial charge is 0.332 e. The van der Waals surface area contributed by atoms with Gasteiger partial charge in [-0.1, -0.05) is 23.7 Å². The van der Waals surface area contributed by atoms with Crippen LogP contribution in [-0.4, -0.2) is 14.9 Å². The first kappa shape index (κ1) is 16.4. The Bertz CT molecular complexity index is 848. The number of thiocarbonyl (C=S) groups is 1. The molecule has 0 amide bonds. The van der Waals surface area contributed by atoms with Crippen LogP contribution in [0.15, 0.2) is 60.9 Å². The van der Waals surface area contributed by atoms with Crippen molar-refractivity contribution in [2.75, 3.05) is 10.6 Å². The Morgan fingerprint density at radius 2 is 1.88 bits per heavy atom. The zero-order valence-corrected chi connectivity index (χ0v) is 14.1. The highest BCUT2D eigenvalue weighted by atomic mass is 35.5. The number of nitrogens with one attached hydrogen (secondary N) is 2. The average Bonchev–Trinajstić information content (AvgIpc) is 2.95. The van der Waals surface area contributed by atoms with Crippen LogP contribution in [0.1, 0.15) is 5.56 Å². The van der Waals surface area contributed by atoms with E-state index in [1.807, 2.05) is 24.3 Å². The molecule has 0 radical (unpaired) electrons. The predicted octanol–water partition coefficient (Wildman–Crippen LogP) is 4.53. The van der Waals surface area contributed by atoms with E-state index in [1.165, 1.54) is 12.1 Å². The molecule has 0 unspecified atom stereocenters. The van der Waals surface area contributed by atoms with Crippen molar-refractivity contribution >= 4 is 40.3 Å². The van der Waals surface area contributed by atoms with Crippen molar-refractivity contribution < 1.29 is 4.39 Å². The standard InChI is InChI=1S/C17H14ClFN4S/c18-13-9-20-23(11-13)10-12-2-1-3-16(8-12)22-17(24)21-15-6-4-14(19)5-7-15/h1-9,11H,10H2,(H2,21,22,24). The van der Waals surface area contributed by atoms with E-state index in [1.54, 1.807) is 29.2 Å². The smallest absolute Gasteiger partial charge is 0.175 e. The van der Waals surface area contributed by atoms with Crippen LogP contribution in [-0.2, 0) is 6.54 Å². The number of benzene rings is 2. The van der Waals surface area contributed by atoms with E-state index in [4.69, 9.17) is 23.8 Å². The number of anilines is 2. The molecule has 0 aliphatic heterocycles. The molecule has 0 saturated heterocycles. The van der Waals surface area contributed by atoms with Gasteiger partial charge >= 0.3 is 0 Å². The van der Waals surface area contributed by atoms with Gasteiger partial charge in [-0.05, 0) is 54.2 Å². The van der Waals surface area contributed by atoms with E-state index in [0.29, 0.717) is 16.7 Å². The van der Waals surface area contributed by atoms with Crippen molar-refractivity contribution in [1.82, 2.24) is 9.78 Å². The zero-order valence-electron chi connectivity index (χ0n) is 12.5. The van der Waals surface area contributed by atoms with Gasteiger partial charge in [0.2, 0.25) is 0 Å². The molecule has 24 heavy (non-hydrogen) atoms. The van der Waals surface area contributed by atoms with Gasteiger partial charge in [0.1, 0.15) is 5.82 Å². The third kappa shape index (κ3) is 4.53. The van der Waals surface area contributed by atoms with Crippen LogP contribution in [0.25, 0.3) is 0 Å². The maximum Gasteiger partial charge on any atom is 0.175 e. The fraction of sp³-hybridized carbons (Fsp3) is 0.0588. The van der Waals surface area contributed by atoms with Gasteiger partial charge in [-0.15, -0.1) is 0 Å². The maximum atomic E-state index is 12.9. The molecular weight excluding hydrogens is 347 g/mol. The summed E-state index contributed by atoms with van der Waals surface area (Å²) in [7, 11) is 0. The fourth-order valence-electron chi connectivity index (χ4n) is 2.19. The van der Waals surface area contributed by atoms with Crippen molar-refractivity contribution in [2.24, 2.45) is 0 Å². The monoisotopic (exact) mass is 360 g/mol. The Morgan fingerprint density at radius 1 is 1.12 bits per heavy atom. The van der Waals surface area contributed by atoms with Gasteiger partial charge in [-0.3, -0.25) is 4.68 Å². The lowest BCUT2D eigenvalue weighted by molar-refractivity contribution is 0.628. The third-order valence-electron chi connectivity index (χ3n) is 3.23. The summed E-state index contributed by atoms with van der Waals surface area (Å²) in [6.45, 7) is 0.612. The lowest BCUT2D eigenvalue weighted by atomic mass is 10.2. The van der Waals surface area contributed by atoms with E-state index in [9.17, 15) is 4.39 Å². The molecule has 0 spiro atoms. The summed E-state index contributed by atoms with van der Waals surface area (Å²) in [5, 5.41) is 11.3. The first-order valence-corrected chi connectivity index (χ1v) is 7.97. The van der Waals surface area contributed by atoms with Crippen molar-refractivity contribution in [1.29, 1.82) is 0 Å². The Labute approximate surface area is 149 Å². The topological polar surface area (TPSA) is 41.9 Å². The number of halogens is 2. The molecule has 4 nitrogen and oxygen atoms in total. The number of aromatic nitrogens is 2. The van der Waals surface area contributed by atoms with Crippen LogP contribution in [0.2, 0.25) is 5.02 Å². The molecule has 1 heterocycles. The number of hydrogen-bond donors (Lipinski definition) is 2. The molecule has 2 N–H and O–H groups in total. The number of rotatable bonds is 4. The van der Waals surface area contributed by atoms with Gasteiger partial charge in [-0.2, -0.15) is 5.10 Å². The highest BCUT2D eigenvalue weighted by molar-refractivity contribution is 7.80. The van der Waals surface area contributed by atoms with E-state index < -0.39 is 0 Å². The molecule has 7 heteroatoms. The van der Waals surface area contributed by atoms with Crippen molar-refractivity contribution in [3.63, 3.8) is 0 Å². The van der Waals surface area contributed by atoms with E-state index >= 15 is 0 Å². The third-order valence-corrected chi connectivity index (χ3v) is 3.63. The summed E-state index contributed by atoms with van der Waals surface area (Å²) in [5.41, 5.74) is 2.63. The maximum absolute atomic E-state index is 12.9.